The Kier molecular flexibility index (Phi) is 4.14. The second kappa shape index (κ2) is 5.67. The number of benzene rings is 1. The molecular formula is C16H20O4. The highest BCUT2D eigenvalue weighted by atomic mass is 16.3. The van der Waals surface area contributed by atoms with Gasteiger partial charge in [0.05, 0.1) is 11.7 Å². The van der Waals surface area contributed by atoms with Gasteiger partial charge in [0.2, 0.25) is 0 Å². The summed E-state index contributed by atoms with van der Waals surface area (Å²) >= 11 is 0. The summed E-state index contributed by atoms with van der Waals surface area (Å²) in [5.41, 5.74) is 1.77. The Bertz CT molecular complexity index is 556. The molecule has 0 amide bonds. The third kappa shape index (κ3) is 2.85. The van der Waals surface area contributed by atoms with Gasteiger partial charge in [0.1, 0.15) is 11.5 Å². The predicted molar refractivity (Wildman–Crippen MR) is 76.0 cm³/mol. The molecule has 0 bridgehead atoms. The number of aliphatic hydroxyl groups is 1. The third-order valence-corrected chi connectivity index (χ3v) is 3.77. The Morgan fingerprint density at radius 2 is 1.95 bits per heavy atom. The maximum absolute atomic E-state index is 12.1. The van der Waals surface area contributed by atoms with Gasteiger partial charge in [-0.3, -0.25) is 4.79 Å². The number of fused-ring (bicyclic) bond motifs is 1. The maximum Gasteiger partial charge on any atom is 0.167 e. The SMILES string of the molecule is CC(C)=CC[C@@H](O)C1CC(=O)c2c(O)ccc(O)c2C1. The monoisotopic (exact) mass is 276 g/mol. The van der Waals surface area contributed by atoms with Crippen molar-refractivity contribution in [2.45, 2.75) is 39.2 Å². The minimum absolute atomic E-state index is 0.00487. The zero-order chi connectivity index (χ0) is 14.9. The highest BCUT2D eigenvalue weighted by molar-refractivity contribution is 6.01. The summed E-state index contributed by atoms with van der Waals surface area (Å²) in [6.07, 6.45) is 2.41. The van der Waals surface area contributed by atoms with E-state index in [1.165, 1.54) is 12.1 Å². The van der Waals surface area contributed by atoms with Crippen LogP contribution in [0.2, 0.25) is 0 Å². The van der Waals surface area contributed by atoms with Crippen molar-refractivity contribution in [2.75, 3.05) is 0 Å². The van der Waals surface area contributed by atoms with Crippen molar-refractivity contribution in [3.05, 3.63) is 34.9 Å². The van der Waals surface area contributed by atoms with Crippen LogP contribution >= 0.6 is 0 Å². The molecule has 0 aliphatic heterocycles. The van der Waals surface area contributed by atoms with Gasteiger partial charge in [-0.1, -0.05) is 11.6 Å². The number of carbonyl (C=O) groups is 1. The first-order chi connectivity index (χ1) is 9.40. The van der Waals surface area contributed by atoms with Gasteiger partial charge < -0.3 is 15.3 Å². The van der Waals surface area contributed by atoms with Crippen LogP contribution in [0.1, 0.15) is 42.6 Å². The molecule has 20 heavy (non-hydrogen) atoms. The molecular weight excluding hydrogens is 256 g/mol. The van der Waals surface area contributed by atoms with E-state index in [1.807, 2.05) is 19.9 Å². The smallest absolute Gasteiger partial charge is 0.167 e. The first-order valence-corrected chi connectivity index (χ1v) is 6.78. The van der Waals surface area contributed by atoms with Crippen LogP contribution in [0.25, 0.3) is 0 Å². The number of hydrogen-bond acceptors (Lipinski definition) is 4. The maximum atomic E-state index is 12.1. The van der Waals surface area contributed by atoms with Crippen LogP contribution in [0, 0.1) is 5.92 Å². The number of carbonyl (C=O) groups excluding carboxylic acids is 1. The number of ketones is 1. The first kappa shape index (κ1) is 14.6. The molecule has 1 aliphatic carbocycles. The lowest BCUT2D eigenvalue weighted by molar-refractivity contribution is 0.0760. The number of aliphatic hydroxyl groups excluding tert-OH is 1. The summed E-state index contributed by atoms with van der Waals surface area (Å²) in [5, 5.41) is 29.8. The molecule has 0 fully saturated rings. The molecule has 0 saturated carbocycles. The highest BCUT2D eigenvalue weighted by Gasteiger charge is 2.32. The number of rotatable bonds is 3. The van der Waals surface area contributed by atoms with Crippen LogP contribution in [0.15, 0.2) is 23.8 Å². The Hall–Kier alpha value is -1.81. The van der Waals surface area contributed by atoms with E-state index in [4.69, 9.17) is 0 Å². The van der Waals surface area contributed by atoms with Gasteiger partial charge in [0, 0.05) is 12.0 Å². The van der Waals surface area contributed by atoms with Crippen LogP contribution in [-0.2, 0) is 6.42 Å². The minimum Gasteiger partial charge on any atom is -0.508 e. The molecule has 0 spiro atoms. The van der Waals surface area contributed by atoms with Crippen molar-refractivity contribution in [2.24, 2.45) is 5.92 Å². The van der Waals surface area contributed by atoms with E-state index in [-0.39, 0.29) is 35.2 Å². The van der Waals surface area contributed by atoms with Gasteiger partial charge >= 0.3 is 0 Å². The van der Waals surface area contributed by atoms with Gasteiger partial charge in [0.25, 0.3) is 0 Å². The number of phenols is 2. The number of hydrogen-bond donors (Lipinski definition) is 3. The van der Waals surface area contributed by atoms with E-state index in [9.17, 15) is 20.1 Å². The molecule has 2 atom stereocenters. The zero-order valence-electron chi connectivity index (χ0n) is 11.8. The van der Waals surface area contributed by atoms with Gasteiger partial charge in [-0.05, 0) is 44.7 Å². The molecule has 0 radical (unpaired) electrons. The number of phenolic OH excluding ortho intramolecular Hbond substituents is 2. The lowest BCUT2D eigenvalue weighted by Gasteiger charge is -2.28. The number of aromatic hydroxyl groups is 2. The molecule has 0 heterocycles. The van der Waals surface area contributed by atoms with Crippen LogP contribution in [0.5, 0.6) is 11.5 Å². The molecule has 0 aromatic heterocycles. The lowest BCUT2D eigenvalue weighted by atomic mass is 9.78. The van der Waals surface area contributed by atoms with Crippen LogP contribution in [-0.4, -0.2) is 27.2 Å². The van der Waals surface area contributed by atoms with Gasteiger partial charge in [0.15, 0.2) is 5.78 Å². The van der Waals surface area contributed by atoms with Crippen molar-refractivity contribution in [1.82, 2.24) is 0 Å². The Morgan fingerprint density at radius 3 is 2.60 bits per heavy atom. The minimum atomic E-state index is -0.622. The molecule has 1 aromatic carbocycles. The van der Waals surface area contributed by atoms with Crippen LogP contribution in [0.3, 0.4) is 0 Å². The molecule has 1 aromatic rings. The summed E-state index contributed by atoms with van der Waals surface area (Å²) < 4.78 is 0. The second-order valence-corrected chi connectivity index (χ2v) is 5.63. The van der Waals surface area contributed by atoms with Crippen molar-refractivity contribution in [3.8, 4) is 11.5 Å². The van der Waals surface area contributed by atoms with Crippen LogP contribution < -0.4 is 0 Å². The third-order valence-electron chi connectivity index (χ3n) is 3.77. The van der Waals surface area contributed by atoms with Crippen molar-refractivity contribution in [3.63, 3.8) is 0 Å². The Morgan fingerprint density at radius 1 is 1.30 bits per heavy atom. The second-order valence-electron chi connectivity index (χ2n) is 5.63. The molecule has 4 heteroatoms. The summed E-state index contributed by atoms with van der Waals surface area (Å²) in [7, 11) is 0. The number of allylic oxidation sites excluding steroid dienone is 1. The average molecular weight is 276 g/mol. The van der Waals surface area contributed by atoms with Crippen LogP contribution in [0.4, 0.5) is 0 Å². The summed E-state index contributed by atoms with van der Waals surface area (Å²) in [4.78, 5) is 12.1. The predicted octanol–water partition coefficient (Wildman–Crippen LogP) is 2.56. The van der Waals surface area contributed by atoms with E-state index in [2.05, 4.69) is 0 Å². The van der Waals surface area contributed by atoms with Crippen molar-refractivity contribution in [1.29, 1.82) is 0 Å². The van der Waals surface area contributed by atoms with E-state index >= 15 is 0 Å². The quantitative estimate of drug-likeness (QED) is 0.585. The zero-order valence-corrected chi connectivity index (χ0v) is 11.8. The topological polar surface area (TPSA) is 77.8 Å². The molecule has 4 nitrogen and oxygen atoms in total. The van der Waals surface area contributed by atoms with E-state index in [0.29, 0.717) is 18.4 Å². The fourth-order valence-corrected chi connectivity index (χ4v) is 2.64. The number of Topliss-reactive ketones (excluding diaryl/α,β-unsaturated/α-hetero) is 1. The largest absolute Gasteiger partial charge is 0.508 e. The van der Waals surface area contributed by atoms with E-state index < -0.39 is 6.10 Å². The molecule has 3 N–H and O–H groups in total. The fourth-order valence-electron chi connectivity index (χ4n) is 2.64. The normalized spacial score (nSPS) is 19.4. The Labute approximate surface area is 118 Å². The van der Waals surface area contributed by atoms with Gasteiger partial charge in [-0.25, -0.2) is 0 Å². The van der Waals surface area contributed by atoms with Gasteiger partial charge in [-0.15, -0.1) is 0 Å². The highest BCUT2D eigenvalue weighted by Crippen LogP contribution is 2.38. The summed E-state index contributed by atoms with van der Waals surface area (Å²) in [6, 6.07) is 2.71. The summed E-state index contributed by atoms with van der Waals surface area (Å²) in [6.45, 7) is 3.91. The lowest BCUT2D eigenvalue weighted by Crippen LogP contribution is -2.29. The van der Waals surface area contributed by atoms with E-state index in [0.717, 1.165) is 5.57 Å². The molecule has 1 unspecified atom stereocenters. The molecule has 0 saturated heterocycles. The van der Waals surface area contributed by atoms with E-state index in [1.54, 1.807) is 0 Å². The van der Waals surface area contributed by atoms with Crippen molar-refractivity contribution < 1.29 is 20.1 Å². The summed E-state index contributed by atoms with van der Waals surface area (Å²) in [5.74, 6) is -0.537. The fraction of sp³-hybridized carbons (Fsp3) is 0.438. The van der Waals surface area contributed by atoms with Gasteiger partial charge in [-0.2, -0.15) is 0 Å². The molecule has 1 aliphatic rings. The molecule has 108 valence electrons. The average Bonchev–Trinajstić information content (AvgIpc) is 2.39. The first-order valence-electron chi connectivity index (χ1n) is 6.78. The standard InChI is InChI=1S/C16H20O4/c1-9(2)3-4-12(17)10-7-11-13(18)5-6-14(19)16(11)15(20)8-10/h3,5-6,10,12,17-19H,4,7-8H2,1-2H3/t10?,12-/m1/s1. The Balaban J connectivity index is 2.25. The molecule has 2 rings (SSSR count). The van der Waals surface area contributed by atoms with Crippen molar-refractivity contribution >= 4 is 5.78 Å².